The Balaban J connectivity index is 2.64. The summed E-state index contributed by atoms with van der Waals surface area (Å²) in [6, 6.07) is 7.36. The molecule has 2 amide bonds. The van der Waals surface area contributed by atoms with E-state index in [9.17, 15) is 24.3 Å². The first-order valence-electron chi connectivity index (χ1n) is 10.0. The highest BCUT2D eigenvalue weighted by atomic mass is 16.6. The first-order valence-corrected chi connectivity index (χ1v) is 10.0. The monoisotopic (exact) mass is 420 g/mol. The average molecular weight is 421 g/mol. The fraction of sp³-hybridized carbons (Fsp3) is 0.545. The van der Waals surface area contributed by atoms with Crippen LogP contribution in [0.25, 0.3) is 0 Å². The van der Waals surface area contributed by atoms with E-state index in [0.29, 0.717) is 12.8 Å². The Morgan fingerprint density at radius 2 is 1.63 bits per heavy atom. The lowest BCUT2D eigenvalue weighted by atomic mass is 10.0. The van der Waals surface area contributed by atoms with E-state index in [2.05, 4.69) is 10.6 Å². The lowest BCUT2D eigenvalue weighted by Crippen LogP contribution is -2.51. The molecule has 8 heteroatoms. The number of aryl methyl sites for hydroxylation is 1. The molecule has 0 saturated carbocycles. The molecule has 0 bridgehead atoms. The Morgan fingerprint density at radius 1 is 1.00 bits per heavy atom. The number of rotatable bonds is 11. The SMILES string of the molecule is CC(=O)N[C@@H](CCCC(=O)OC(C)(C)C)C(=O)N[C@@H](CCc1ccccc1)C(=O)O. The molecule has 0 radical (unpaired) electrons. The average Bonchev–Trinajstić information content (AvgIpc) is 2.63. The van der Waals surface area contributed by atoms with E-state index >= 15 is 0 Å². The van der Waals surface area contributed by atoms with Crippen LogP contribution in [-0.2, 0) is 30.3 Å². The lowest BCUT2D eigenvalue weighted by Gasteiger charge is -2.22. The van der Waals surface area contributed by atoms with Crippen molar-refractivity contribution in [3.05, 3.63) is 35.9 Å². The lowest BCUT2D eigenvalue weighted by molar-refractivity contribution is -0.155. The van der Waals surface area contributed by atoms with Crippen molar-refractivity contribution in [1.29, 1.82) is 0 Å². The number of hydrogen-bond acceptors (Lipinski definition) is 5. The highest BCUT2D eigenvalue weighted by Crippen LogP contribution is 2.11. The van der Waals surface area contributed by atoms with Gasteiger partial charge in [-0.2, -0.15) is 0 Å². The number of hydrogen-bond donors (Lipinski definition) is 3. The Labute approximate surface area is 177 Å². The Bertz CT molecular complexity index is 727. The van der Waals surface area contributed by atoms with Crippen LogP contribution in [0, 0.1) is 0 Å². The summed E-state index contributed by atoms with van der Waals surface area (Å²) in [5.74, 6) is -2.54. The van der Waals surface area contributed by atoms with Gasteiger partial charge in [0.15, 0.2) is 0 Å². The third-order valence-corrected chi connectivity index (χ3v) is 4.17. The number of esters is 1. The minimum absolute atomic E-state index is 0.0942. The number of benzene rings is 1. The van der Waals surface area contributed by atoms with Crippen molar-refractivity contribution in [3.63, 3.8) is 0 Å². The highest BCUT2D eigenvalue weighted by Gasteiger charge is 2.26. The first kappa shape index (κ1) is 25.1. The van der Waals surface area contributed by atoms with Gasteiger partial charge >= 0.3 is 11.9 Å². The molecule has 0 aromatic heterocycles. The minimum Gasteiger partial charge on any atom is -0.480 e. The largest absolute Gasteiger partial charge is 0.480 e. The molecule has 30 heavy (non-hydrogen) atoms. The summed E-state index contributed by atoms with van der Waals surface area (Å²) in [5.41, 5.74) is 0.368. The van der Waals surface area contributed by atoms with Crippen molar-refractivity contribution in [1.82, 2.24) is 10.6 Å². The summed E-state index contributed by atoms with van der Waals surface area (Å²) in [6.45, 7) is 6.57. The zero-order valence-corrected chi connectivity index (χ0v) is 18.1. The van der Waals surface area contributed by atoms with Crippen LogP contribution in [0.4, 0.5) is 0 Å². The number of aliphatic carboxylic acids is 1. The van der Waals surface area contributed by atoms with Crippen LogP contribution in [-0.4, -0.2) is 46.5 Å². The Kier molecular flexibility index (Phi) is 10.0. The van der Waals surface area contributed by atoms with Crippen LogP contribution in [0.3, 0.4) is 0 Å². The number of nitrogens with one attached hydrogen (secondary N) is 2. The number of carbonyl (C=O) groups is 4. The van der Waals surface area contributed by atoms with E-state index in [-0.39, 0.29) is 19.3 Å². The Morgan fingerprint density at radius 3 is 2.17 bits per heavy atom. The maximum absolute atomic E-state index is 12.6. The zero-order valence-electron chi connectivity index (χ0n) is 18.1. The molecule has 1 aromatic carbocycles. The molecule has 3 N–H and O–H groups in total. The van der Waals surface area contributed by atoms with Gasteiger partial charge in [0.2, 0.25) is 11.8 Å². The molecule has 0 spiro atoms. The van der Waals surface area contributed by atoms with Gasteiger partial charge in [0.25, 0.3) is 0 Å². The number of carbonyl (C=O) groups excluding carboxylic acids is 3. The molecular formula is C22H32N2O6. The van der Waals surface area contributed by atoms with Gasteiger partial charge < -0.3 is 20.5 Å². The number of carboxylic acids is 1. The topological polar surface area (TPSA) is 122 Å². The quantitative estimate of drug-likeness (QED) is 0.472. The molecule has 0 aliphatic rings. The van der Waals surface area contributed by atoms with Crippen LogP contribution in [0.15, 0.2) is 30.3 Å². The molecule has 0 fully saturated rings. The second-order valence-electron chi connectivity index (χ2n) is 8.16. The Hall–Kier alpha value is -2.90. The summed E-state index contributed by atoms with van der Waals surface area (Å²) in [4.78, 5) is 47.5. The standard InChI is InChI=1S/C22H32N2O6/c1-15(25)23-17(11-8-12-19(26)30-22(2,3)4)20(27)24-18(21(28)29)14-13-16-9-6-5-7-10-16/h5-7,9-10,17-18H,8,11-14H2,1-4H3,(H,23,25)(H,24,27)(H,28,29)/t17-,18-/m0/s1. The summed E-state index contributed by atoms with van der Waals surface area (Å²) in [7, 11) is 0. The molecule has 166 valence electrons. The molecule has 0 aliphatic heterocycles. The predicted octanol–water partition coefficient (Wildman–Crippen LogP) is 2.21. The number of carboxylic acid groups (broad SMARTS) is 1. The van der Waals surface area contributed by atoms with Crippen LogP contribution < -0.4 is 10.6 Å². The van der Waals surface area contributed by atoms with Crippen molar-refractivity contribution >= 4 is 23.8 Å². The van der Waals surface area contributed by atoms with Crippen LogP contribution in [0.5, 0.6) is 0 Å². The smallest absolute Gasteiger partial charge is 0.326 e. The fourth-order valence-corrected chi connectivity index (χ4v) is 2.84. The summed E-state index contributed by atoms with van der Waals surface area (Å²) >= 11 is 0. The highest BCUT2D eigenvalue weighted by molar-refractivity contribution is 5.89. The second kappa shape index (κ2) is 11.9. The first-order chi connectivity index (χ1) is 14.0. The third-order valence-electron chi connectivity index (χ3n) is 4.17. The number of amides is 2. The second-order valence-corrected chi connectivity index (χ2v) is 8.16. The normalized spacial score (nSPS) is 13.1. The van der Waals surface area contributed by atoms with Gasteiger partial charge in [0.05, 0.1) is 0 Å². The molecule has 1 rings (SSSR count). The van der Waals surface area contributed by atoms with E-state index < -0.39 is 41.4 Å². The minimum atomic E-state index is -1.14. The van der Waals surface area contributed by atoms with Crippen molar-refractivity contribution in [2.24, 2.45) is 0 Å². The van der Waals surface area contributed by atoms with Crippen LogP contribution in [0.2, 0.25) is 0 Å². The predicted molar refractivity (Wildman–Crippen MR) is 112 cm³/mol. The molecule has 0 saturated heterocycles. The van der Waals surface area contributed by atoms with E-state index in [0.717, 1.165) is 5.56 Å². The van der Waals surface area contributed by atoms with Gasteiger partial charge in [0, 0.05) is 13.3 Å². The molecule has 0 aliphatic carbocycles. The maximum Gasteiger partial charge on any atom is 0.326 e. The summed E-state index contributed by atoms with van der Waals surface area (Å²) < 4.78 is 5.23. The van der Waals surface area contributed by atoms with E-state index in [1.54, 1.807) is 20.8 Å². The van der Waals surface area contributed by atoms with Crippen molar-refractivity contribution in [2.45, 2.75) is 77.5 Å². The zero-order chi connectivity index (χ0) is 22.7. The van der Waals surface area contributed by atoms with E-state index in [1.165, 1.54) is 6.92 Å². The molecule has 2 atom stereocenters. The maximum atomic E-state index is 12.6. The molecule has 0 heterocycles. The van der Waals surface area contributed by atoms with Gasteiger partial charge in [-0.05, 0) is 52.0 Å². The summed E-state index contributed by atoms with van der Waals surface area (Å²) in [6.07, 6.45) is 1.30. The molecule has 0 unspecified atom stereocenters. The number of ether oxygens (including phenoxy) is 1. The van der Waals surface area contributed by atoms with Crippen molar-refractivity contribution < 1.29 is 29.0 Å². The molecule has 8 nitrogen and oxygen atoms in total. The van der Waals surface area contributed by atoms with E-state index in [1.807, 2.05) is 30.3 Å². The van der Waals surface area contributed by atoms with Gasteiger partial charge in [-0.1, -0.05) is 30.3 Å². The summed E-state index contributed by atoms with van der Waals surface area (Å²) in [5, 5.41) is 14.5. The van der Waals surface area contributed by atoms with Gasteiger partial charge in [-0.15, -0.1) is 0 Å². The van der Waals surface area contributed by atoms with Gasteiger partial charge in [-0.3, -0.25) is 14.4 Å². The van der Waals surface area contributed by atoms with Gasteiger partial charge in [0.1, 0.15) is 17.7 Å². The van der Waals surface area contributed by atoms with Crippen LogP contribution in [0.1, 0.15) is 58.9 Å². The fourth-order valence-electron chi connectivity index (χ4n) is 2.84. The van der Waals surface area contributed by atoms with E-state index in [4.69, 9.17) is 4.74 Å². The van der Waals surface area contributed by atoms with Crippen molar-refractivity contribution in [3.8, 4) is 0 Å². The van der Waals surface area contributed by atoms with Crippen molar-refractivity contribution in [2.75, 3.05) is 0 Å². The molecular weight excluding hydrogens is 388 g/mol. The molecule has 1 aromatic rings. The third kappa shape index (κ3) is 10.6. The van der Waals surface area contributed by atoms with Gasteiger partial charge in [-0.25, -0.2) is 4.79 Å². The van der Waals surface area contributed by atoms with Crippen LogP contribution >= 0.6 is 0 Å².